The van der Waals surface area contributed by atoms with Crippen molar-refractivity contribution >= 4 is 27.7 Å². The van der Waals surface area contributed by atoms with Gasteiger partial charge in [0.05, 0.1) is 11.0 Å². The number of halogens is 2. The molecule has 6 nitrogen and oxygen atoms in total. The zero-order valence-electron chi connectivity index (χ0n) is 14.0. The quantitative estimate of drug-likeness (QED) is 0.820. The van der Waals surface area contributed by atoms with Crippen LogP contribution < -0.4 is 5.32 Å². The molecule has 1 aromatic carbocycles. The van der Waals surface area contributed by atoms with Crippen molar-refractivity contribution in [3.05, 3.63) is 45.9 Å². The highest BCUT2D eigenvalue weighted by molar-refractivity contribution is 9.10. The van der Waals surface area contributed by atoms with Crippen molar-refractivity contribution in [1.82, 2.24) is 15.0 Å². The van der Waals surface area contributed by atoms with Crippen molar-refractivity contribution < 1.29 is 13.7 Å². The Hall–Kier alpha value is -1.77. The van der Waals surface area contributed by atoms with Crippen LogP contribution in [0.2, 0.25) is 0 Å². The second-order valence-corrected chi connectivity index (χ2v) is 7.03. The molecule has 0 bridgehead atoms. The van der Waals surface area contributed by atoms with E-state index in [0.717, 1.165) is 38.3 Å². The first-order valence-electron chi connectivity index (χ1n) is 8.11. The molecule has 134 valence electrons. The Morgan fingerprint density at radius 2 is 2.00 bits per heavy atom. The van der Waals surface area contributed by atoms with Crippen LogP contribution in [0.15, 0.2) is 33.3 Å². The molecule has 3 rings (SSSR count). The molecule has 0 saturated carbocycles. The minimum atomic E-state index is -0.248. The monoisotopic (exact) mass is 410 g/mol. The average molecular weight is 411 g/mol. The summed E-state index contributed by atoms with van der Waals surface area (Å²) in [7, 11) is 0. The number of nitrogens with zero attached hydrogens (tertiary/aromatic N) is 3. The molecule has 1 fully saturated rings. The van der Waals surface area contributed by atoms with E-state index in [-0.39, 0.29) is 11.7 Å². The lowest BCUT2D eigenvalue weighted by Crippen LogP contribution is -2.48. The van der Waals surface area contributed by atoms with Crippen LogP contribution in [0.3, 0.4) is 0 Å². The van der Waals surface area contributed by atoms with E-state index >= 15 is 0 Å². The van der Waals surface area contributed by atoms with E-state index in [0.29, 0.717) is 22.6 Å². The van der Waals surface area contributed by atoms with E-state index in [1.165, 1.54) is 6.07 Å². The number of nitrogens with one attached hydrogen (secondary N) is 1. The van der Waals surface area contributed by atoms with Gasteiger partial charge in [0.1, 0.15) is 11.6 Å². The van der Waals surface area contributed by atoms with E-state index in [1.807, 2.05) is 6.07 Å². The van der Waals surface area contributed by atoms with Crippen molar-refractivity contribution in [2.45, 2.75) is 13.5 Å². The first-order valence-corrected chi connectivity index (χ1v) is 8.91. The summed E-state index contributed by atoms with van der Waals surface area (Å²) in [6, 6.07) is 6.79. The number of anilines is 1. The minimum Gasteiger partial charge on any atom is -0.360 e. The van der Waals surface area contributed by atoms with Gasteiger partial charge in [0.2, 0.25) is 5.91 Å². The summed E-state index contributed by atoms with van der Waals surface area (Å²) in [5, 5.41) is 6.49. The number of amides is 1. The number of benzene rings is 1. The van der Waals surface area contributed by atoms with Gasteiger partial charge in [-0.3, -0.25) is 14.6 Å². The summed E-state index contributed by atoms with van der Waals surface area (Å²) < 4.78 is 18.7. The van der Waals surface area contributed by atoms with Crippen LogP contribution in [-0.2, 0) is 11.3 Å². The third-order valence-electron chi connectivity index (χ3n) is 4.12. The molecule has 25 heavy (non-hydrogen) atoms. The molecule has 0 aliphatic carbocycles. The number of hydrogen-bond donors (Lipinski definition) is 1. The highest BCUT2D eigenvalue weighted by Crippen LogP contribution is 2.18. The summed E-state index contributed by atoms with van der Waals surface area (Å²) in [6.07, 6.45) is 0. The molecule has 0 spiro atoms. The SMILES string of the molecule is Cc1cc(NC(=O)CN2CCN(Cc3ccc(F)c(Br)c3)CC2)no1. The molecular weight excluding hydrogens is 391 g/mol. The normalized spacial score (nSPS) is 16.1. The second-order valence-electron chi connectivity index (χ2n) is 6.17. The maximum Gasteiger partial charge on any atom is 0.239 e. The van der Waals surface area contributed by atoms with Crippen molar-refractivity contribution in [2.24, 2.45) is 0 Å². The Balaban J connectivity index is 1.43. The van der Waals surface area contributed by atoms with Gasteiger partial charge >= 0.3 is 0 Å². The Bertz CT molecular complexity index is 744. The topological polar surface area (TPSA) is 61.6 Å². The molecule has 0 atom stereocenters. The van der Waals surface area contributed by atoms with Crippen LogP contribution in [0.25, 0.3) is 0 Å². The summed E-state index contributed by atoms with van der Waals surface area (Å²) in [6.45, 7) is 6.25. The number of carbonyl (C=O) groups is 1. The Morgan fingerprint density at radius 1 is 1.28 bits per heavy atom. The molecule has 1 aromatic heterocycles. The van der Waals surface area contributed by atoms with Gasteiger partial charge in [0.15, 0.2) is 5.82 Å². The summed E-state index contributed by atoms with van der Waals surface area (Å²) in [5.74, 6) is 0.769. The fourth-order valence-electron chi connectivity index (χ4n) is 2.81. The van der Waals surface area contributed by atoms with Gasteiger partial charge in [-0.2, -0.15) is 0 Å². The predicted molar refractivity (Wildman–Crippen MR) is 95.7 cm³/mol. The number of carbonyl (C=O) groups excluding carboxylic acids is 1. The smallest absolute Gasteiger partial charge is 0.239 e. The van der Waals surface area contributed by atoms with Crippen molar-refractivity contribution in [3.8, 4) is 0 Å². The zero-order valence-corrected chi connectivity index (χ0v) is 15.6. The summed E-state index contributed by atoms with van der Waals surface area (Å²) >= 11 is 3.22. The predicted octanol–water partition coefficient (Wildman–Crippen LogP) is 2.64. The molecule has 8 heteroatoms. The van der Waals surface area contributed by atoms with Crippen LogP contribution in [0.5, 0.6) is 0 Å². The van der Waals surface area contributed by atoms with Crippen molar-refractivity contribution in [1.29, 1.82) is 0 Å². The Kier molecular flexibility index (Phi) is 5.82. The van der Waals surface area contributed by atoms with Gasteiger partial charge in [-0.1, -0.05) is 11.2 Å². The number of piperazine rings is 1. The van der Waals surface area contributed by atoms with E-state index < -0.39 is 0 Å². The molecule has 1 saturated heterocycles. The van der Waals surface area contributed by atoms with Gasteiger partial charge in [0.25, 0.3) is 0 Å². The second kappa shape index (κ2) is 8.07. The lowest BCUT2D eigenvalue weighted by Gasteiger charge is -2.34. The number of aryl methyl sites for hydroxylation is 1. The Morgan fingerprint density at radius 3 is 2.64 bits per heavy atom. The van der Waals surface area contributed by atoms with Gasteiger partial charge in [0, 0.05) is 38.8 Å². The van der Waals surface area contributed by atoms with E-state index in [4.69, 9.17) is 4.52 Å². The molecule has 1 amide bonds. The van der Waals surface area contributed by atoms with E-state index in [9.17, 15) is 9.18 Å². The number of aromatic nitrogens is 1. The molecule has 1 N–H and O–H groups in total. The first kappa shape index (κ1) is 18.0. The lowest BCUT2D eigenvalue weighted by atomic mass is 10.2. The lowest BCUT2D eigenvalue weighted by molar-refractivity contribution is -0.117. The maximum absolute atomic E-state index is 13.3. The average Bonchev–Trinajstić information content (AvgIpc) is 2.97. The maximum atomic E-state index is 13.3. The third kappa shape index (κ3) is 5.10. The molecule has 2 aromatic rings. The highest BCUT2D eigenvalue weighted by Gasteiger charge is 2.19. The number of hydrogen-bond acceptors (Lipinski definition) is 5. The Labute approximate surface area is 154 Å². The zero-order chi connectivity index (χ0) is 17.8. The fourth-order valence-corrected chi connectivity index (χ4v) is 3.24. The first-order chi connectivity index (χ1) is 12.0. The highest BCUT2D eigenvalue weighted by atomic mass is 79.9. The van der Waals surface area contributed by atoms with Crippen LogP contribution in [-0.4, -0.2) is 53.6 Å². The van der Waals surface area contributed by atoms with Crippen LogP contribution in [0.4, 0.5) is 10.2 Å². The molecule has 1 aliphatic heterocycles. The third-order valence-corrected chi connectivity index (χ3v) is 4.73. The van der Waals surface area contributed by atoms with Crippen LogP contribution in [0.1, 0.15) is 11.3 Å². The largest absolute Gasteiger partial charge is 0.360 e. The summed E-state index contributed by atoms with van der Waals surface area (Å²) in [4.78, 5) is 16.5. The summed E-state index contributed by atoms with van der Waals surface area (Å²) in [5.41, 5.74) is 1.07. The molecule has 2 heterocycles. The van der Waals surface area contributed by atoms with Crippen LogP contribution in [0, 0.1) is 12.7 Å². The van der Waals surface area contributed by atoms with Crippen molar-refractivity contribution in [2.75, 3.05) is 38.0 Å². The molecule has 1 aliphatic rings. The fraction of sp³-hybridized carbons (Fsp3) is 0.412. The minimum absolute atomic E-state index is 0.0933. The molecule has 0 unspecified atom stereocenters. The molecule has 0 radical (unpaired) electrons. The van der Waals surface area contributed by atoms with Gasteiger partial charge in [-0.05, 0) is 40.5 Å². The standard InChI is InChI=1S/C17H20BrFN4O2/c1-12-8-16(21-25-12)20-17(24)11-23-6-4-22(5-7-23)10-13-2-3-15(19)14(18)9-13/h2-3,8-9H,4-7,10-11H2,1H3,(H,20,21,24). The molecular formula is C17H20BrFN4O2. The van der Waals surface area contributed by atoms with E-state index in [1.54, 1.807) is 19.1 Å². The van der Waals surface area contributed by atoms with Crippen molar-refractivity contribution in [3.63, 3.8) is 0 Å². The van der Waals surface area contributed by atoms with Gasteiger partial charge in [-0.25, -0.2) is 4.39 Å². The number of rotatable bonds is 5. The van der Waals surface area contributed by atoms with E-state index in [2.05, 4.69) is 36.2 Å². The van der Waals surface area contributed by atoms with Gasteiger partial charge < -0.3 is 9.84 Å². The van der Waals surface area contributed by atoms with Crippen LogP contribution >= 0.6 is 15.9 Å². The van der Waals surface area contributed by atoms with Gasteiger partial charge in [-0.15, -0.1) is 0 Å².